The zero-order valence-electron chi connectivity index (χ0n) is 13.5. The monoisotopic (exact) mass is 374 g/mol. The van der Waals surface area contributed by atoms with Crippen molar-refractivity contribution in [2.75, 3.05) is 0 Å². The van der Waals surface area contributed by atoms with Crippen LogP contribution in [0.25, 0.3) is 0 Å². The number of halogens is 2. The fourth-order valence-corrected chi connectivity index (χ4v) is 2.69. The summed E-state index contributed by atoms with van der Waals surface area (Å²) in [5.41, 5.74) is 2.21. The third-order valence-electron chi connectivity index (χ3n) is 3.75. The van der Waals surface area contributed by atoms with Gasteiger partial charge in [0, 0.05) is 0 Å². The average molecular weight is 375 g/mol. The number of amides is 1. The molecule has 1 N–H and O–H groups in total. The molecule has 1 amide bonds. The minimum Gasteiger partial charge on any atom is -0.344 e. The molecule has 1 aromatic heterocycles. The molecule has 2 aromatic carbocycles. The fraction of sp³-hybridized carbons (Fsp3) is 0.167. The first-order valence-corrected chi connectivity index (χ1v) is 8.48. The summed E-state index contributed by atoms with van der Waals surface area (Å²) in [7, 11) is 0. The molecule has 0 aliphatic heterocycles. The second-order valence-corrected chi connectivity index (χ2v) is 6.47. The van der Waals surface area contributed by atoms with Gasteiger partial charge in [-0.15, -0.1) is 5.10 Å². The molecule has 0 saturated carbocycles. The molecule has 1 atom stereocenters. The van der Waals surface area contributed by atoms with Crippen molar-refractivity contribution in [3.63, 3.8) is 0 Å². The number of benzene rings is 2. The van der Waals surface area contributed by atoms with Gasteiger partial charge in [-0.2, -0.15) is 0 Å². The Morgan fingerprint density at radius 2 is 1.92 bits per heavy atom. The van der Waals surface area contributed by atoms with Crippen molar-refractivity contribution in [2.24, 2.45) is 0 Å². The van der Waals surface area contributed by atoms with Crippen LogP contribution in [-0.4, -0.2) is 20.9 Å². The number of nitrogens with zero attached hydrogens (tertiary/aromatic N) is 3. The van der Waals surface area contributed by atoms with Crippen LogP contribution in [0.4, 0.5) is 0 Å². The maximum Gasteiger partial charge on any atom is 0.273 e. The van der Waals surface area contributed by atoms with Crippen molar-refractivity contribution in [3.8, 4) is 0 Å². The summed E-state index contributed by atoms with van der Waals surface area (Å²) in [5, 5.41) is 11.8. The number of nitrogens with one attached hydrogen (secondary N) is 1. The van der Waals surface area contributed by atoms with Crippen molar-refractivity contribution in [1.29, 1.82) is 0 Å². The van der Waals surface area contributed by atoms with Gasteiger partial charge in [0.15, 0.2) is 5.69 Å². The van der Waals surface area contributed by atoms with E-state index in [9.17, 15) is 4.79 Å². The van der Waals surface area contributed by atoms with Gasteiger partial charge in [-0.05, 0) is 30.2 Å². The summed E-state index contributed by atoms with van der Waals surface area (Å²) in [5.74, 6) is -0.294. The Hall–Kier alpha value is -2.37. The largest absolute Gasteiger partial charge is 0.344 e. The summed E-state index contributed by atoms with van der Waals surface area (Å²) in [4.78, 5) is 12.4. The highest BCUT2D eigenvalue weighted by atomic mass is 35.5. The topological polar surface area (TPSA) is 59.8 Å². The van der Waals surface area contributed by atoms with E-state index in [4.69, 9.17) is 23.2 Å². The third-order valence-corrected chi connectivity index (χ3v) is 4.49. The van der Waals surface area contributed by atoms with Crippen molar-refractivity contribution >= 4 is 29.1 Å². The Morgan fingerprint density at radius 3 is 2.64 bits per heavy atom. The molecule has 0 spiro atoms. The summed E-state index contributed by atoms with van der Waals surface area (Å²) in [6.45, 7) is 2.43. The summed E-state index contributed by atoms with van der Waals surface area (Å²) >= 11 is 11.9. The molecular formula is C18H16Cl2N4O. The Morgan fingerprint density at radius 1 is 1.16 bits per heavy atom. The van der Waals surface area contributed by atoms with Crippen molar-refractivity contribution < 1.29 is 4.79 Å². The molecule has 0 aliphatic rings. The molecule has 3 aromatic rings. The molecule has 0 bridgehead atoms. The van der Waals surface area contributed by atoms with Crippen LogP contribution in [0.1, 0.15) is 34.6 Å². The predicted octanol–water partition coefficient (Wildman–Crippen LogP) is 4.12. The number of aromatic nitrogens is 3. The highest BCUT2D eigenvalue weighted by Crippen LogP contribution is 2.25. The lowest BCUT2D eigenvalue weighted by Gasteiger charge is -2.14. The maximum absolute atomic E-state index is 12.4. The van der Waals surface area contributed by atoms with E-state index >= 15 is 0 Å². The van der Waals surface area contributed by atoms with Crippen LogP contribution in [0.15, 0.2) is 54.7 Å². The lowest BCUT2D eigenvalue weighted by molar-refractivity contribution is 0.0934. The minimum absolute atomic E-state index is 0.235. The Bertz CT molecular complexity index is 880. The van der Waals surface area contributed by atoms with Gasteiger partial charge in [0.25, 0.3) is 5.91 Å². The van der Waals surface area contributed by atoms with E-state index in [1.807, 2.05) is 43.3 Å². The molecule has 25 heavy (non-hydrogen) atoms. The van der Waals surface area contributed by atoms with Crippen LogP contribution in [-0.2, 0) is 6.54 Å². The Balaban J connectivity index is 1.66. The zero-order valence-corrected chi connectivity index (χ0v) is 15.0. The van der Waals surface area contributed by atoms with Gasteiger partial charge in [0.1, 0.15) is 0 Å². The molecule has 0 fully saturated rings. The molecule has 7 heteroatoms. The van der Waals surface area contributed by atoms with Crippen LogP contribution in [0.5, 0.6) is 0 Å². The highest BCUT2D eigenvalue weighted by molar-refractivity contribution is 6.42. The summed E-state index contributed by atoms with van der Waals surface area (Å²) in [6.07, 6.45) is 1.63. The number of hydrogen-bond acceptors (Lipinski definition) is 3. The maximum atomic E-state index is 12.4. The minimum atomic E-state index is -0.294. The Kier molecular flexibility index (Phi) is 5.36. The third kappa shape index (κ3) is 4.38. The van der Waals surface area contributed by atoms with Crippen molar-refractivity contribution in [1.82, 2.24) is 20.3 Å². The van der Waals surface area contributed by atoms with Crippen LogP contribution >= 0.6 is 23.2 Å². The van der Waals surface area contributed by atoms with E-state index in [-0.39, 0.29) is 17.6 Å². The molecule has 5 nitrogen and oxygen atoms in total. The SMILES string of the molecule is CC(NC(=O)c1cn(Cc2ccccc2)nn1)c1ccc(Cl)c(Cl)c1. The number of carbonyl (C=O) groups is 1. The lowest BCUT2D eigenvalue weighted by atomic mass is 10.1. The Labute approximate surface area is 155 Å². The smallest absolute Gasteiger partial charge is 0.273 e. The number of carbonyl (C=O) groups excluding carboxylic acids is 1. The second kappa shape index (κ2) is 7.68. The molecule has 1 unspecified atom stereocenters. The van der Waals surface area contributed by atoms with E-state index < -0.39 is 0 Å². The van der Waals surface area contributed by atoms with Crippen molar-refractivity contribution in [3.05, 3.63) is 81.6 Å². The van der Waals surface area contributed by atoms with Gasteiger partial charge in [-0.1, -0.05) is 64.8 Å². The molecule has 1 heterocycles. The first kappa shape index (κ1) is 17.5. The molecule has 0 radical (unpaired) electrons. The van der Waals surface area contributed by atoms with E-state index in [1.54, 1.807) is 23.0 Å². The summed E-state index contributed by atoms with van der Waals surface area (Å²) < 4.78 is 1.63. The van der Waals surface area contributed by atoms with Gasteiger partial charge >= 0.3 is 0 Å². The summed E-state index contributed by atoms with van der Waals surface area (Å²) in [6, 6.07) is 14.9. The number of rotatable bonds is 5. The van der Waals surface area contributed by atoms with E-state index in [0.29, 0.717) is 16.6 Å². The molecular weight excluding hydrogens is 359 g/mol. The molecule has 0 aliphatic carbocycles. The van der Waals surface area contributed by atoms with Gasteiger partial charge in [0.05, 0.1) is 28.8 Å². The fourth-order valence-electron chi connectivity index (χ4n) is 2.39. The van der Waals surface area contributed by atoms with Gasteiger partial charge in [-0.3, -0.25) is 4.79 Å². The average Bonchev–Trinajstić information content (AvgIpc) is 3.07. The normalized spacial score (nSPS) is 12.0. The van der Waals surface area contributed by atoms with E-state index in [0.717, 1.165) is 11.1 Å². The van der Waals surface area contributed by atoms with E-state index in [2.05, 4.69) is 15.6 Å². The van der Waals surface area contributed by atoms with Crippen molar-refractivity contribution in [2.45, 2.75) is 19.5 Å². The predicted molar refractivity (Wildman–Crippen MR) is 97.9 cm³/mol. The highest BCUT2D eigenvalue weighted by Gasteiger charge is 2.15. The van der Waals surface area contributed by atoms with Gasteiger partial charge < -0.3 is 5.32 Å². The van der Waals surface area contributed by atoms with Crippen LogP contribution in [0.2, 0.25) is 10.0 Å². The van der Waals surface area contributed by atoms with Gasteiger partial charge in [0.2, 0.25) is 0 Å². The second-order valence-electron chi connectivity index (χ2n) is 5.66. The zero-order chi connectivity index (χ0) is 17.8. The quantitative estimate of drug-likeness (QED) is 0.730. The van der Waals surface area contributed by atoms with Gasteiger partial charge in [-0.25, -0.2) is 4.68 Å². The van der Waals surface area contributed by atoms with Crippen LogP contribution in [0, 0.1) is 0 Å². The molecule has 128 valence electrons. The number of hydrogen-bond donors (Lipinski definition) is 1. The molecule has 0 saturated heterocycles. The van der Waals surface area contributed by atoms with E-state index in [1.165, 1.54) is 0 Å². The molecule has 3 rings (SSSR count). The first-order chi connectivity index (χ1) is 12.0. The lowest BCUT2D eigenvalue weighted by Crippen LogP contribution is -2.27. The van der Waals surface area contributed by atoms with Crippen LogP contribution in [0.3, 0.4) is 0 Å². The standard InChI is InChI=1S/C18H16Cl2N4O/c1-12(14-7-8-15(19)16(20)9-14)21-18(25)17-11-24(23-22-17)10-13-5-3-2-4-6-13/h2-9,11-12H,10H2,1H3,(H,21,25). The first-order valence-electron chi connectivity index (χ1n) is 7.73. The van der Waals surface area contributed by atoms with Crippen LogP contribution < -0.4 is 5.32 Å².